The highest BCUT2D eigenvalue weighted by molar-refractivity contribution is 7.71. The van der Waals surface area contributed by atoms with Gasteiger partial charge in [-0.2, -0.15) is 0 Å². The number of aromatic amines is 1. The molecule has 2 heterocycles. The van der Waals surface area contributed by atoms with Crippen molar-refractivity contribution in [2.75, 3.05) is 19.7 Å². The second kappa shape index (κ2) is 7.04. The third kappa shape index (κ3) is 3.59. The second-order valence-corrected chi connectivity index (χ2v) is 6.05. The molecule has 8 heteroatoms. The van der Waals surface area contributed by atoms with E-state index in [4.69, 9.17) is 21.4 Å². The Labute approximate surface area is 144 Å². The van der Waals surface area contributed by atoms with Crippen LogP contribution in [0.15, 0.2) is 22.6 Å². The zero-order valence-corrected chi connectivity index (χ0v) is 14.1. The van der Waals surface area contributed by atoms with Crippen LogP contribution in [0.1, 0.15) is 30.1 Å². The minimum Gasteiger partial charge on any atom is -0.450 e. The molecule has 0 saturated carbocycles. The van der Waals surface area contributed by atoms with Gasteiger partial charge >= 0.3 is 6.09 Å². The molecule has 0 bridgehead atoms. The minimum atomic E-state index is -0.442. The second-order valence-electron chi connectivity index (χ2n) is 5.68. The van der Waals surface area contributed by atoms with E-state index in [2.05, 4.69) is 10.3 Å². The maximum Gasteiger partial charge on any atom is 0.407 e. The molecule has 7 nitrogen and oxygen atoms in total. The van der Waals surface area contributed by atoms with Gasteiger partial charge in [0.2, 0.25) is 0 Å². The van der Waals surface area contributed by atoms with Crippen LogP contribution in [0.2, 0.25) is 0 Å². The number of hydrogen-bond acceptors (Lipinski definition) is 5. The van der Waals surface area contributed by atoms with Crippen molar-refractivity contribution < 1.29 is 18.7 Å². The van der Waals surface area contributed by atoms with E-state index in [0.717, 1.165) is 18.4 Å². The van der Waals surface area contributed by atoms with Gasteiger partial charge in [-0.1, -0.05) is 0 Å². The largest absolute Gasteiger partial charge is 0.450 e. The molecule has 0 radical (unpaired) electrons. The number of benzene rings is 1. The van der Waals surface area contributed by atoms with Gasteiger partial charge in [-0.3, -0.25) is 4.79 Å². The lowest BCUT2D eigenvalue weighted by molar-refractivity contribution is 0.0686. The Morgan fingerprint density at radius 3 is 3.12 bits per heavy atom. The molecule has 1 aromatic carbocycles. The van der Waals surface area contributed by atoms with E-state index in [1.807, 2.05) is 0 Å². The number of H-pyrrole nitrogens is 1. The van der Waals surface area contributed by atoms with Crippen LogP contribution in [-0.4, -0.2) is 47.6 Å². The van der Waals surface area contributed by atoms with Crippen LogP contribution < -0.4 is 5.32 Å². The molecule has 1 aliphatic heterocycles. The van der Waals surface area contributed by atoms with Crippen molar-refractivity contribution in [3.63, 3.8) is 0 Å². The summed E-state index contributed by atoms with van der Waals surface area (Å²) in [5.41, 5.74) is 1.86. The summed E-state index contributed by atoms with van der Waals surface area (Å²) in [6.07, 6.45) is 1.21. The molecule has 1 saturated heterocycles. The lowest BCUT2D eigenvalue weighted by Gasteiger charge is -2.33. The number of alkyl carbamates (subject to hydrolysis) is 1. The number of nitrogens with zero attached hydrogens (tertiary/aromatic N) is 1. The molecule has 0 aliphatic carbocycles. The first-order valence-corrected chi connectivity index (χ1v) is 8.33. The normalized spacial score (nSPS) is 17.7. The van der Waals surface area contributed by atoms with E-state index in [-0.39, 0.29) is 16.8 Å². The maximum atomic E-state index is 12.7. The first kappa shape index (κ1) is 16.5. The van der Waals surface area contributed by atoms with Crippen LogP contribution in [0, 0.1) is 4.84 Å². The highest BCUT2D eigenvalue weighted by atomic mass is 32.1. The zero-order chi connectivity index (χ0) is 17.1. The van der Waals surface area contributed by atoms with Gasteiger partial charge in [0.25, 0.3) is 10.7 Å². The quantitative estimate of drug-likeness (QED) is 0.832. The molecule has 2 amide bonds. The van der Waals surface area contributed by atoms with Gasteiger partial charge < -0.3 is 24.4 Å². The van der Waals surface area contributed by atoms with Gasteiger partial charge in [0.1, 0.15) is 0 Å². The average Bonchev–Trinajstić information content (AvgIpc) is 2.93. The van der Waals surface area contributed by atoms with Crippen LogP contribution in [0.25, 0.3) is 11.1 Å². The Morgan fingerprint density at radius 1 is 1.50 bits per heavy atom. The van der Waals surface area contributed by atoms with Crippen molar-refractivity contribution in [2.45, 2.75) is 25.8 Å². The third-order valence-corrected chi connectivity index (χ3v) is 4.16. The molecule has 1 atom stereocenters. The summed E-state index contributed by atoms with van der Waals surface area (Å²) in [6, 6.07) is 5.11. The summed E-state index contributed by atoms with van der Waals surface area (Å²) < 4.78 is 10.3. The number of rotatable bonds is 3. The van der Waals surface area contributed by atoms with E-state index in [1.165, 1.54) is 0 Å². The average molecular weight is 349 g/mol. The number of oxazole rings is 1. The fraction of sp³-hybridized carbons (Fsp3) is 0.438. The van der Waals surface area contributed by atoms with Crippen molar-refractivity contribution in [1.82, 2.24) is 15.2 Å². The number of aromatic nitrogens is 1. The van der Waals surface area contributed by atoms with Gasteiger partial charge in [0.15, 0.2) is 5.58 Å². The summed E-state index contributed by atoms with van der Waals surface area (Å²) in [4.78, 5) is 29.2. The number of carbonyl (C=O) groups excluding carboxylic acids is 2. The Morgan fingerprint density at radius 2 is 2.33 bits per heavy atom. The molecule has 128 valence electrons. The van der Waals surface area contributed by atoms with Crippen LogP contribution in [-0.2, 0) is 4.74 Å². The van der Waals surface area contributed by atoms with Crippen molar-refractivity contribution in [1.29, 1.82) is 0 Å². The number of nitrogens with one attached hydrogen (secondary N) is 2. The van der Waals surface area contributed by atoms with Gasteiger partial charge in [-0.15, -0.1) is 0 Å². The third-order valence-electron chi connectivity index (χ3n) is 3.97. The minimum absolute atomic E-state index is 0.0884. The monoisotopic (exact) mass is 349 g/mol. The van der Waals surface area contributed by atoms with Crippen LogP contribution >= 0.6 is 12.2 Å². The summed E-state index contributed by atoms with van der Waals surface area (Å²) >= 11 is 4.95. The lowest BCUT2D eigenvalue weighted by Crippen LogP contribution is -2.49. The number of hydrogen-bond donors (Lipinski definition) is 2. The first-order valence-electron chi connectivity index (χ1n) is 7.92. The Kier molecular flexibility index (Phi) is 4.84. The predicted molar refractivity (Wildman–Crippen MR) is 90.5 cm³/mol. The standard InChI is InChI=1S/C16H19N3O4S/c1-2-22-15(21)17-11-4-3-7-19(9-11)14(20)10-5-6-12-13(8-10)23-16(24)18-12/h5-6,8,11H,2-4,7,9H2,1H3,(H,17,21)(H,18,24)/t11-/m1/s1. The highest BCUT2D eigenvalue weighted by Crippen LogP contribution is 2.19. The number of ether oxygens (including phenoxy) is 1. The Hall–Kier alpha value is -2.35. The SMILES string of the molecule is CCOC(=O)N[C@@H]1CCCN(C(=O)c2ccc3[nH]c(=S)oc3c2)C1. The maximum absolute atomic E-state index is 12.7. The highest BCUT2D eigenvalue weighted by Gasteiger charge is 2.26. The Bertz CT molecular complexity index is 813. The molecule has 2 aromatic rings. The summed E-state index contributed by atoms with van der Waals surface area (Å²) in [6.45, 7) is 3.21. The van der Waals surface area contributed by atoms with E-state index >= 15 is 0 Å². The van der Waals surface area contributed by atoms with Crippen LogP contribution in [0.4, 0.5) is 4.79 Å². The summed E-state index contributed by atoms with van der Waals surface area (Å²) in [7, 11) is 0. The molecule has 24 heavy (non-hydrogen) atoms. The zero-order valence-electron chi connectivity index (χ0n) is 13.3. The number of piperidine rings is 1. The van der Waals surface area contributed by atoms with Gasteiger partial charge in [-0.25, -0.2) is 4.79 Å². The van der Waals surface area contributed by atoms with Crippen molar-refractivity contribution in [2.24, 2.45) is 0 Å². The van der Waals surface area contributed by atoms with E-state index in [1.54, 1.807) is 30.0 Å². The van der Waals surface area contributed by atoms with Crippen molar-refractivity contribution >= 4 is 35.3 Å². The molecular formula is C16H19N3O4S. The molecule has 1 fully saturated rings. The lowest BCUT2D eigenvalue weighted by atomic mass is 10.0. The molecule has 1 aliphatic rings. The molecular weight excluding hydrogens is 330 g/mol. The van der Waals surface area contributed by atoms with Crippen molar-refractivity contribution in [3.05, 3.63) is 28.6 Å². The summed E-state index contributed by atoms with van der Waals surface area (Å²) in [5.74, 6) is -0.0884. The smallest absolute Gasteiger partial charge is 0.407 e. The van der Waals surface area contributed by atoms with Gasteiger partial charge in [-0.05, 0) is 50.2 Å². The first-order chi connectivity index (χ1) is 11.6. The fourth-order valence-corrected chi connectivity index (χ4v) is 3.08. The molecule has 2 N–H and O–H groups in total. The Balaban J connectivity index is 1.70. The molecule has 0 spiro atoms. The van der Waals surface area contributed by atoms with Crippen molar-refractivity contribution in [3.8, 4) is 0 Å². The van der Waals surface area contributed by atoms with Crippen LogP contribution in [0.3, 0.4) is 0 Å². The number of amides is 2. The van der Waals surface area contributed by atoms with E-state index < -0.39 is 6.09 Å². The summed E-state index contributed by atoms with van der Waals surface area (Å²) in [5, 5.41) is 2.80. The number of fused-ring (bicyclic) bond motifs is 1. The predicted octanol–water partition coefficient (Wildman–Crippen LogP) is 2.84. The van der Waals surface area contributed by atoms with Crippen LogP contribution in [0.5, 0.6) is 0 Å². The molecule has 3 rings (SSSR count). The molecule has 0 unspecified atom stereocenters. The van der Waals surface area contributed by atoms with E-state index in [0.29, 0.717) is 30.8 Å². The van der Waals surface area contributed by atoms with E-state index in [9.17, 15) is 9.59 Å². The van der Waals surface area contributed by atoms with Gasteiger partial charge in [0.05, 0.1) is 12.1 Å². The number of carbonyl (C=O) groups is 2. The topological polar surface area (TPSA) is 87.6 Å². The molecule has 1 aromatic heterocycles. The fourth-order valence-electron chi connectivity index (χ4n) is 2.88. The van der Waals surface area contributed by atoms with Gasteiger partial charge in [0, 0.05) is 24.7 Å². The number of likely N-dealkylation sites (tertiary alicyclic amines) is 1.